The Morgan fingerprint density at radius 3 is 2.10 bits per heavy atom. The number of carbonyl (C=O) groups excluding carboxylic acids is 1. The van der Waals surface area contributed by atoms with Crippen LogP contribution in [0.25, 0.3) is 11.4 Å². The Kier molecular flexibility index (Phi) is 6.25. The van der Waals surface area contributed by atoms with Crippen LogP contribution >= 0.6 is 11.6 Å². The zero-order valence-corrected chi connectivity index (χ0v) is 16.2. The monoisotopic (exact) mass is 462 g/mol. The van der Waals surface area contributed by atoms with Crippen molar-refractivity contribution in [3.05, 3.63) is 70.0 Å². The van der Waals surface area contributed by atoms with E-state index in [1.807, 2.05) is 0 Å². The Morgan fingerprint density at radius 1 is 0.968 bits per heavy atom. The van der Waals surface area contributed by atoms with Crippen LogP contribution in [0.1, 0.15) is 27.3 Å². The van der Waals surface area contributed by atoms with Crippen LogP contribution in [0.4, 0.5) is 26.3 Å². The number of halogens is 7. The molecule has 0 saturated carbocycles. The van der Waals surface area contributed by atoms with Crippen molar-refractivity contribution in [2.24, 2.45) is 0 Å². The van der Waals surface area contributed by atoms with Gasteiger partial charge in [0.1, 0.15) is 5.82 Å². The largest absolute Gasteiger partial charge is 0.416 e. The first kappa shape index (κ1) is 22.6. The van der Waals surface area contributed by atoms with Gasteiger partial charge in [-0.05, 0) is 42.5 Å². The van der Waals surface area contributed by atoms with Crippen molar-refractivity contribution in [1.82, 2.24) is 20.5 Å². The molecule has 12 heteroatoms. The van der Waals surface area contributed by atoms with Crippen LogP contribution in [-0.2, 0) is 18.8 Å². The molecule has 0 bridgehead atoms. The van der Waals surface area contributed by atoms with E-state index in [0.717, 1.165) is 0 Å². The lowest BCUT2D eigenvalue weighted by Crippen LogP contribution is -2.27. The van der Waals surface area contributed by atoms with Gasteiger partial charge in [0.2, 0.25) is 0 Å². The van der Waals surface area contributed by atoms with E-state index in [1.165, 1.54) is 0 Å². The molecule has 5 nitrogen and oxygen atoms in total. The van der Waals surface area contributed by atoms with Gasteiger partial charge in [-0.25, -0.2) is 4.98 Å². The summed E-state index contributed by atoms with van der Waals surface area (Å²) in [6.45, 7) is -0.0916. The summed E-state index contributed by atoms with van der Waals surface area (Å²) in [7, 11) is 0. The third kappa shape index (κ3) is 5.75. The van der Waals surface area contributed by atoms with Gasteiger partial charge in [0.15, 0.2) is 5.82 Å². The Hall–Kier alpha value is -3.08. The highest BCUT2D eigenvalue weighted by molar-refractivity contribution is 6.30. The molecular formula is C19H13ClF6N4O. The molecule has 1 heterocycles. The topological polar surface area (TPSA) is 70.7 Å². The Balaban J connectivity index is 1.68. The minimum atomic E-state index is -5.03. The molecule has 2 N–H and O–H groups in total. The number of H-pyrrole nitrogens is 1. The van der Waals surface area contributed by atoms with Gasteiger partial charge in [-0.2, -0.15) is 31.4 Å². The van der Waals surface area contributed by atoms with E-state index in [1.54, 1.807) is 24.3 Å². The van der Waals surface area contributed by atoms with Crippen LogP contribution < -0.4 is 5.32 Å². The number of amides is 1. The number of nitrogens with one attached hydrogen (secondary N) is 2. The molecule has 164 valence electrons. The molecule has 3 aromatic rings. The van der Waals surface area contributed by atoms with Crippen molar-refractivity contribution in [3.63, 3.8) is 0 Å². The van der Waals surface area contributed by atoms with Gasteiger partial charge in [-0.3, -0.25) is 9.89 Å². The molecular weight excluding hydrogens is 450 g/mol. The molecule has 0 aliphatic heterocycles. The highest BCUT2D eigenvalue weighted by Gasteiger charge is 2.37. The lowest BCUT2D eigenvalue weighted by molar-refractivity contribution is -0.143. The molecule has 0 spiro atoms. The van der Waals surface area contributed by atoms with Gasteiger partial charge in [0.25, 0.3) is 5.91 Å². The maximum Gasteiger partial charge on any atom is 0.416 e. The first-order chi connectivity index (χ1) is 14.4. The van der Waals surface area contributed by atoms with Gasteiger partial charge in [0.05, 0.1) is 11.1 Å². The summed E-state index contributed by atoms with van der Waals surface area (Å²) in [4.78, 5) is 16.4. The lowest BCUT2D eigenvalue weighted by atomic mass is 10.0. The zero-order chi connectivity index (χ0) is 22.8. The number of hydrogen-bond acceptors (Lipinski definition) is 3. The van der Waals surface area contributed by atoms with Crippen molar-refractivity contribution < 1.29 is 31.1 Å². The van der Waals surface area contributed by atoms with Gasteiger partial charge in [-0.1, -0.05) is 11.6 Å². The number of hydrogen-bond donors (Lipinski definition) is 2. The molecule has 1 aromatic heterocycles. The van der Waals surface area contributed by atoms with Crippen molar-refractivity contribution >= 4 is 17.5 Å². The average molecular weight is 463 g/mol. The maximum atomic E-state index is 12.9. The second-order valence-corrected chi connectivity index (χ2v) is 6.85. The number of aromatic nitrogens is 3. The summed E-state index contributed by atoms with van der Waals surface area (Å²) in [6, 6.07) is 7.40. The van der Waals surface area contributed by atoms with Gasteiger partial charge in [0, 0.05) is 29.1 Å². The van der Waals surface area contributed by atoms with E-state index in [2.05, 4.69) is 20.5 Å². The van der Waals surface area contributed by atoms with Crippen LogP contribution in [0, 0.1) is 0 Å². The van der Waals surface area contributed by atoms with Crippen molar-refractivity contribution in [1.29, 1.82) is 0 Å². The number of rotatable bonds is 5. The van der Waals surface area contributed by atoms with E-state index in [0.29, 0.717) is 34.4 Å². The summed E-state index contributed by atoms with van der Waals surface area (Å²) in [6.07, 6.45) is -9.94. The van der Waals surface area contributed by atoms with Crippen LogP contribution in [0.3, 0.4) is 0 Å². The molecule has 0 aliphatic rings. The SMILES string of the molecule is O=C(NCCc1nc(-c2ccc(Cl)cc2)n[nH]1)c1cc(C(F)(F)F)cc(C(F)(F)F)c1. The summed E-state index contributed by atoms with van der Waals surface area (Å²) in [5, 5.41) is 9.47. The minimum Gasteiger partial charge on any atom is -0.352 e. The normalized spacial score (nSPS) is 12.1. The van der Waals surface area contributed by atoms with Crippen LogP contribution in [-0.4, -0.2) is 27.6 Å². The number of alkyl halides is 6. The highest BCUT2D eigenvalue weighted by Crippen LogP contribution is 2.36. The minimum absolute atomic E-state index is 0.0381. The van der Waals surface area contributed by atoms with E-state index in [9.17, 15) is 31.1 Å². The van der Waals surface area contributed by atoms with E-state index in [4.69, 9.17) is 11.6 Å². The van der Waals surface area contributed by atoms with Crippen molar-refractivity contribution in [3.8, 4) is 11.4 Å². The van der Waals surface area contributed by atoms with Gasteiger partial charge in [-0.15, -0.1) is 0 Å². The third-order valence-electron chi connectivity index (χ3n) is 4.13. The van der Waals surface area contributed by atoms with E-state index in [-0.39, 0.29) is 19.0 Å². The molecule has 0 saturated heterocycles. The summed E-state index contributed by atoms with van der Waals surface area (Å²) in [5.41, 5.74) is -3.19. The molecule has 0 atom stereocenters. The lowest BCUT2D eigenvalue weighted by Gasteiger charge is -2.14. The molecule has 31 heavy (non-hydrogen) atoms. The zero-order valence-electron chi connectivity index (χ0n) is 15.4. The first-order valence-electron chi connectivity index (χ1n) is 8.68. The molecule has 0 fully saturated rings. The highest BCUT2D eigenvalue weighted by atomic mass is 35.5. The smallest absolute Gasteiger partial charge is 0.352 e. The predicted molar refractivity (Wildman–Crippen MR) is 99.3 cm³/mol. The first-order valence-corrected chi connectivity index (χ1v) is 9.06. The molecule has 0 aliphatic carbocycles. The van der Waals surface area contributed by atoms with Crippen LogP contribution in [0.5, 0.6) is 0 Å². The third-order valence-corrected chi connectivity index (χ3v) is 4.38. The second kappa shape index (κ2) is 8.58. The standard InChI is InChI=1S/C19H13ClF6N4O/c20-14-3-1-10(2-4-14)16-28-15(29-30-16)5-6-27-17(31)11-7-12(18(21,22)23)9-13(8-11)19(24,25)26/h1-4,7-9H,5-6H2,(H,27,31)(H,28,29,30). The Bertz CT molecular complexity index is 1040. The number of nitrogens with zero attached hydrogens (tertiary/aromatic N) is 2. The van der Waals surface area contributed by atoms with Gasteiger partial charge >= 0.3 is 12.4 Å². The summed E-state index contributed by atoms with van der Waals surface area (Å²) in [5.74, 6) is -0.343. The predicted octanol–water partition coefficient (Wildman–Crippen LogP) is 5.14. The fourth-order valence-electron chi connectivity index (χ4n) is 2.62. The second-order valence-electron chi connectivity index (χ2n) is 6.41. The van der Waals surface area contributed by atoms with E-state index < -0.39 is 35.0 Å². The molecule has 3 rings (SSSR count). The number of carbonyl (C=O) groups is 1. The summed E-state index contributed by atoms with van der Waals surface area (Å²) >= 11 is 5.81. The van der Waals surface area contributed by atoms with Crippen molar-refractivity contribution in [2.45, 2.75) is 18.8 Å². The fourth-order valence-corrected chi connectivity index (χ4v) is 2.74. The quantitative estimate of drug-likeness (QED) is 0.516. The fraction of sp³-hybridized carbons (Fsp3) is 0.211. The maximum absolute atomic E-state index is 12.9. The average Bonchev–Trinajstić information content (AvgIpc) is 3.15. The van der Waals surface area contributed by atoms with Gasteiger partial charge < -0.3 is 5.32 Å². The number of benzene rings is 2. The van der Waals surface area contributed by atoms with Crippen molar-refractivity contribution in [2.75, 3.05) is 6.54 Å². The summed E-state index contributed by atoms with van der Waals surface area (Å²) < 4.78 is 77.5. The van der Waals surface area contributed by atoms with E-state index >= 15 is 0 Å². The molecule has 1 amide bonds. The Morgan fingerprint density at radius 2 is 1.55 bits per heavy atom. The van der Waals surface area contributed by atoms with Crippen LogP contribution in [0.15, 0.2) is 42.5 Å². The molecule has 0 radical (unpaired) electrons. The number of aromatic amines is 1. The molecule has 2 aromatic carbocycles. The van der Waals surface area contributed by atoms with Crippen LogP contribution in [0.2, 0.25) is 5.02 Å². The Labute approximate surface area is 176 Å². The molecule has 0 unspecified atom stereocenters.